The van der Waals surface area contributed by atoms with Crippen molar-refractivity contribution in [2.45, 2.75) is 33.7 Å². The van der Waals surface area contributed by atoms with Gasteiger partial charge in [-0.25, -0.2) is 0 Å². The molecule has 1 aliphatic rings. The summed E-state index contributed by atoms with van der Waals surface area (Å²) >= 11 is 1.82. The topological polar surface area (TPSA) is 46.2 Å². The third kappa shape index (κ3) is 3.11. The van der Waals surface area contributed by atoms with Crippen LogP contribution in [-0.2, 0) is 9.59 Å². The lowest BCUT2D eigenvalue weighted by Crippen LogP contribution is -2.31. The minimum absolute atomic E-state index is 0.0372. The Bertz CT molecular complexity index is 334. The molecule has 0 aromatic carbocycles. The van der Waals surface area contributed by atoms with Gasteiger partial charge in [-0.15, -0.1) is 0 Å². The molecule has 3 nitrogen and oxygen atoms in total. The molecule has 0 aromatic rings. The normalized spacial score (nSPS) is 20.6. The van der Waals surface area contributed by atoms with E-state index in [0.717, 1.165) is 17.1 Å². The second-order valence-corrected chi connectivity index (χ2v) is 5.65. The molecule has 4 heteroatoms. The van der Waals surface area contributed by atoms with Crippen LogP contribution >= 0.6 is 11.8 Å². The molecule has 0 saturated carbocycles. The van der Waals surface area contributed by atoms with Gasteiger partial charge in [-0.1, -0.05) is 13.8 Å². The van der Waals surface area contributed by atoms with Gasteiger partial charge in [0.25, 0.3) is 5.91 Å². The Morgan fingerprint density at radius 3 is 2.56 bits per heavy atom. The number of Topliss-reactive ketones (excluding diaryl/α,β-unsaturated/α-hetero) is 1. The van der Waals surface area contributed by atoms with Gasteiger partial charge in [-0.3, -0.25) is 9.59 Å². The fraction of sp³-hybridized carbons (Fsp3) is 0.667. The fourth-order valence-corrected chi connectivity index (χ4v) is 2.89. The van der Waals surface area contributed by atoms with Crippen LogP contribution in [0.4, 0.5) is 0 Å². The maximum atomic E-state index is 11.5. The lowest BCUT2D eigenvalue weighted by atomic mass is 10.1. The highest BCUT2D eigenvalue weighted by molar-refractivity contribution is 7.99. The van der Waals surface area contributed by atoms with Gasteiger partial charge >= 0.3 is 0 Å². The number of carbonyl (C=O) groups excluding carboxylic acids is 2. The first-order chi connectivity index (χ1) is 7.43. The van der Waals surface area contributed by atoms with Crippen LogP contribution in [0.3, 0.4) is 0 Å². The first kappa shape index (κ1) is 13.3. The van der Waals surface area contributed by atoms with E-state index in [2.05, 4.69) is 19.2 Å². The first-order valence-electron chi connectivity index (χ1n) is 5.53. The van der Waals surface area contributed by atoms with Crippen LogP contribution in [0, 0.1) is 5.92 Å². The average Bonchev–Trinajstić information content (AvgIpc) is 2.41. The summed E-state index contributed by atoms with van der Waals surface area (Å²) in [6, 6.07) is 0.0372. The zero-order chi connectivity index (χ0) is 12.3. The van der Waals surface area contributed by atoms with Crippen LogP contribution in [0.25, 0.3) is 0 Å². The predicted molar refractivity (Wildman–Crippen MR) is 67.5 cm³/mol. The number of hydrogen-bond donors (Lipinski definition) is 1. The van der Waals surface area contributed by atoms with Crippen molar-refractivity contribution in [2.75, 3.05) is 11.5 Å². The molecule has 0 fully saturated rings. The van der Waals surface area contributed by atoms with Crippen LogP contribution in [0.5, 0.6) is 0 Å². The van der Waals surface area contributed by atoms with Crippen molar-refractivity contribution in [1.82, 2.24) is 5.32 Å². The van der Waals surface area contributed by atoms with E-state index in [1.807, 2.05) is 18.7 Å². The van der Waals surface area contributed by atoms with E-state index in [1.165, 1.54) is 6.92 Å². The molecule has 0 saturated heterocycles. The van der Waals surface area contributed by atoms with Crippen molar-refractivity contribution >= 4 is 23.5 Å². The fourth-order valence-electron chi connectivity index (χ4n) is 1.72. The van der Waals surface area contributed by atoms with Crippen LogP contribution in [0.1, 0.15) is 27.7 Å². The largest absolute Gasteiger partial charge is 0.345 e. The van der Waals surface area contributed by atoms with E-state index in [4.69, 9.17) is 0 Å². The molecule has 1 aliphatic heterocycles. The van der Waals surface area contributed by atoms with E-state index in [-0.39, 0.29) is 17.7 Å². The molecular weight excluding hydrogens is 222 g/mol. The minimum Gasteiger partial charge on any atom is -0.345 e. The third-order valence-electron chi connectivity index (χ3n) is 2.54. The second kappa shape index (κ2) is 5.53. The van der Waals surface area contributed by atoms with Gasteiger partial charge in [0.05, 0.1) is 11.6 Å². The van der Waals surface area contributed by atoms with E-state index in [1.54, 1.807) is 0 Å². The number of carbonyl (C=O) groups is 2. The number of rotatable bonds is 5. The molecule has 1 unspecified atom stereocenters. The van der Waals surface area contributed by atoms with Crippen molar-refractivity contribution in [3.8, 4) is 0 Å². The van der Waals surface area contributed by atoms with Crippen molar-refractivity contribution < 1.29 is 9.59 Å². The monoisotopic (exact) mass is 241 g/mol. The summed E-state index contributed by atoms with van der Waals surface area (Å²) in [4.78, 5) is 22.8. The summed E-state index contributed by atoms with van der Waals surface area (Å²) in [6.45, 7) is 7.66. The van der Waals surface area contributed by atoms with Gasteiger partial charge in [0.2, 0.25) is 0 Å². The predicted octanol–water partition coefficient (Wildman–Crippen LogP) is 1.78. The van der Waals surface area contributed by atoms with Crippen molar-refractivity contribution in [1.29, 1.82) is 0 Å². The van der Waals surface area contributed by atoms with Crippen LogP contribution in [0.15, 0.2) is 11.1 Å². The van der Waals surface area contributed by atoms with E-state index < -0.39 is 0 Å². The summed E-state index contributed by atoms with van der Waals surface area (Å²) in [5.41, 5.74) is 1.25. The minimum atomic E-state index is -0.208. The molecule has 1 rings (SSSR count). The lowest BCUT2D eigenvalue weighted by molar-refractivity contribution is -0.121. The van der Waals surface area contributed by atoms with Gasteiger partial charge in [-0.2, -0.15) is 11.8 Å². The Balaban J connectivity index is 2.59. The summed E-state index contributed by atoms with van der Waals surface area (Å²) in [7, 11) is 0. The number of nitrogens with one attached hydrogen (secondary N) is 1. The zero-order valence-corrected chi connectivity index (χ0v) is 11.1. The number of thioether (sulfide) groups is 1. The second-order valence-electron chi connectivity index (χ2n) is 4.57. The molecule has 0 radical (unpaired) electrons. The SMILES string of the molecule is CC(=O)C1=C(C)C(CSCC(C)C)NC1=O. The summed E-state index contributed by atoms with van der Waals surface area (Å²) < 4.78 is 0. The highest BCUT2D eigenvalue weighted by Crippen LogP contribution is 2.21. The smallest absolute Gasteiger partial charge is 0.255 e. The maximum absolute atomic E-state index is 11.5. The summed E-state index contributed by atoms with van der Waals surface area (Å²) in [6.07, 6.45) is 0. The van der Waals surface area contributed by atoms with Crippen molar-refractivity contribution in [3.05, 3.63) is 11.1 Å². The standard InChI is InChI=1S/C12H19NO2S/c1-7(2)5-16-6-10-8(3)11(9(4)14)12(15)13-10/h7,10H,5-6H2,1-4H3,(H,13,15). The third-order valence-corrected chi connectivity index (χ3v) is 4.01. The maximum Gasteiger partial charge on any atom is 0.255 e. The Morgan fingerprint density at radius 2 is 2.12 bits per heavy atom. The van der Waals surface area contributed by atoms with E-state index >= 15 is 0 Å². The lowest BCUT2D eigenvalue weighted by Gasteiger charge is -2.12. The first-order valence-corrected chi connectivity index (χ1v) is 6.69. The number of ketones is 1. The van der Waals surface area contributed by atoms with Crippen LogP contribution in [-0.4, -0.2) is 29.2 Å². The Labute approximate surface area is 101 Å². The van der Waals surface area contributed by atoms with Gasteiger partial charge in [0, 0.05) is 5.75 Å². The highest BCUT2D eigenvalue weighted by atomic mass is 32.2. The quantitative estimate of drug-likeness (QED) is 0.746. The summed E-state index contributed by atoms with van der Waals surface area (Å²) in [5.74, 6) is 2.24. The van der Waals surface area contributed by atoms with Crippen molar-refractivity contribution in [2.24, 2.45) is 5.92 Å². The number of hydrogen-bond acceptors (Lipinski definition) is 3. The molecule has 16 heavy (non-hydrogen) atoms. The van der Waals surface area contributed by atoms with Gasteiger partial charge in [0.15, 0.2) is 5.78 Å². The molecule has 1 atom stereocenters. The van der Waals surface area contributed by atoms with Crippen LogP contribution < -0.4 is 5.32 Å². The highest BCUT2D eigenvalue weighted by Gasteiger charge is 2.30. The Kier molecular flexibility index (Phi) is 4.59. The van der Waals surface area contributed by atoms with E-state index in [9.17, 15) is 9.59 Å². The van der Waals surface area contributed by atoms with Crippen LogP contribution in [0.2, 0.25) is 0 Å². The molecule has 0 spiro atoms. The molecule has 1 amide bonds. The molecule has 90 valence electrons. The summed E-state index contributed by atoms with van der Waals surface area (Å²) in [5, 5.41) is 2.85. The molecule has 0 aromatic heterocycles. The molecule has 0 bridgehead atoms. The molecule has 0 aliphatic carbocycles. The Hall–Kier alpha value is -0.770. The number of amides is 1. The molecular formula is C12H19NO2S. The van der Waals surface area contributed by atoms with Gasteiger partial charge in [-0.05, 0) is 31.1 Å². The molecule has 1 N–H and O–H groups in total. The zero-order valence-electron chi connectivity index (χ0n) is 10.3. The van der Waals surface area contributed by atoms with Gasteiger partial charge in [0.1, 0.15) is 0 Å². The van der Waals surface area contributed by atoms with Crippen molar-refractivity contribution in [3.63, 3.8) is 0 Å². The van der Waals surface area contributed by atoms with Gasteiger partial charge < -0.3 is 5.32 Å². The molecule has 1 heterocycles. The Morgan fingerprint density at radius 1 is 1.50 bits per heavy atom. The average molecular weight is 241 g/mol. The van der Waals surface area contributed by atoms with E-state index in [0.29, 0.717) is 11.5 Å².